The predicted octanol–water partition coefficient (Wildman–Crippen LogP) is 11.3. The van der Waals surface area contributed by atoms with Crippen molar-refractivity contribution >= 4 is 11.0 Å². The predicted molar refractivity (Wildman–Crippen MR) is 206 cm³/mol. The summed E-state index contributed by atoms with van der Waals surface area (Å²) in [6.45, 7) is 4.40. The molecule has 0 fully saturated rings. The number of aromatic nitrogens is 3. The lowest BCUT2D eigenvalue weighted by Crippen LogP contribution is -2.20. The van der Waals surface area contributed by atoms with Crippen LogP contribution in [0.25, 0.3) is 67.1 Å². The zero-order chi connectivity index (χ0) is 34.2. The van der Waals surface area contributed by atoms with E-state index in [4.69, 9.17) is 9.97 Å². The summed E-state index contributed by atoms with van der Waals surface area (Å²) < 4.78 is 2.10. The fourth-order valence-electron chi connectivity index (χ4n) is 7.07. The van der Waals surface area contributed by atoms with Crippen LogP contribution in [0.3, 0.4) is 0 Å². The van der Waals surface area contributed by atoms with Crippen LogP contribution in [0.4, 0.5) is 0 Å². The molecule has 0 saturated heterocycles. The van der Waals surface area contributed by atoms with Crippen molar-refractivity contribution in [2.75, 3.05) is 0 Å². The molecule has 1 N–H and O–H groups in total. The average Bonchev–Trinajstić information content (AvgIpc) is 3.51. The monoisotopic (exact) mass is 647 g/mol. The molecule has 2 heterocycles. The Hall–Kier alpha value is -6.26. The van der Waals surface area contributed by atoms with Gasteiger partial charge in [-0.15, -0.1) is 0 Å². The van der Waals surface area contributed by atoms with Crippen LogP contribution in [0, 0.1) is 0 Å². The third-order valence-corrected chi connectivity index (χ3v) is 9.86. The molecule has 0 aliphatic heterocycles. The molecule has 0 bridgehead atoms. The van der Waals surface area contributed by atoms with Gasteiger partial charge >= 0.3 is 0 Å². The molecule has 0 saturated carbocycles. The highest BCUT2D eigenvalue weighted by molar-refractivity contribution is 5.96. The molecule has 0 radical (unpaired) electrons. The number of fused-ring (bicyclic) bond motifs is 1. The maximum absolute atomic E-state index is 11.4. The van der Waals surface area contributed by atoms with E-state index in [1.165, 1.54) is 5.56 Å². The largest absolute Gasteiger partial charge is 0.507 e. The fourth-order valence-corrected chi connectivity index (χ4v) is 7.07. The molecule has 50 heavy (non-hydrogen) atoms. The summed E-state index contributed by atoms with van der Waals surface area (Å²) in [6, 6.07) is 54.3. The lowest BCUT2D eigenvalue weighted by atomic mass is 9.76. The highest BCUT2D eigenvalue weighted by Crippen LogP contribution is 2.44. The Morgan fingerprint density at radius 2 is 1.18 bits per heavy atom. The maximum Gasteiger partial charge on any atom is 0.144 e. The topological polar surface area (TPSA) is 50.9 Å². The quantitative estimate of drug-likeness (QED) is 0.187. The minimum Gasteiger partial charge on any atom is -0.507 e. The van der Waals surface area contributed by atoms with Gasteiger partial charge < -0.3 is 9.67 Å². The van der Waals surface area contributed by atoms with Crippen molar-refractivity contribution < 1.29 is 5.11 Å². The standard InChI is InChI=1S/C46H37N3O/c1-46(2,37-19-11-6-12-20-37)39-22-14-24-42(50)43(39)45-48-44-38(21-13-23-41(44)49(45)3)35-27-34(32-17-9-5-10-18-32)28-36(29-35)40-26-25-33(30-47-40)31-15-7-4-8-16-31/h4-30,50H,1-3H3. The van der Waals surface area contributed by atoms with Crippen LogP contribution < -0.4 is 0 Å². The summed E-state index contributed by atoms with van der Waals surface area (Å²) in [5, 5.41) is 11.4. The Kier molecular flexibility index (Phi) is 7.85. The number of phenolic OH excluding ortho intramolecular Hbond substituents is 1. The third-order valence-electron chi connectivity index (χ3n) is 9.86. The van der Waals surface area contributed by atoms with Crippen molar-refractivity contribution in [1.29, 1.82) is 0 Å². The van der Waals surface area contributed by atoms with E-state index in [0.29, 0.717) is 0 Å². The zero-order valence-electron chi connectivity index (χ0n) is 28.4. The smallest absolute Gasteiger partial charge is 0.144 e. The van der Waals surface area contributed by atoms with Gasteiger partial charge in [0.05, 0.1) is 22.3 Å². The number of rotatable bonds is 7. The van der Waals surface area contributed by atoms with Crippen LogP contribution in [0.15, 0.2) is 164 Å². The van der Waals surface area contributed by atoms with Gasteiger partial charge in [0.2, 0.25) is 0 Å². The normalized spacial score (nSPS) is 11.6. The molecule has 0 atom stereocenters. The molecule has 4 nitrogen and oxygen atoms in total. The number of hydrogen-bond donors (Lipinski definition) is 1. The maximum atomic E-state index is 11.4. The Morgan fingerprint density at radius 1 is 0.560 bits per heavy atom. The van der Waals surface area contributed by atoms with Crippen molar-refractivity contribution in [3.63, 3.8) is 0 Å². The molecule has 2 aromatic heterocycles. The first-order valence-corrected chi connectivity index (χ1v) is 16.9. The number of pyridine rings is 1. The van der Waals surface area contributed by atoms with Crippen molar-refractivity contribution in [3.8, 4) is 61.8 Å². The number of para-hydroxylation sites is 1. The second-order valence-corrected chi connectivity index (χ2v) is 13.3. The second-order valence-electron chi connectivity index (χ2n) is 13.3. The number of aromatic hydroxyl groups is 1. The van der Waals surface area contributed by atoms with Crippen LogP contribution in [0.2, 0.25) is 0 Å². The van der Waals surface area contributed by atoms with Gasteiger partial charge in [-0.1, -0.05) is 135 Å². The van der Waals surface area contributed by atoms with E-state index in [1.54, 1.807) is 6.07 Å². The van der Waals surface area contributed by atoms with Crippen LogP contribution >= 0.6 is 0 Å². The molecule has 0 spiro atoms. The Balaban J connectivity index is 1.29. The summed E-state index contributed by atoms with van der Waals surface area (Å²) >= 11 is 0. The van der Waals surface area contributed by atoms with Crippen molar-refractivity contribution in [2.24, 2.45) is 7.05 Å². The van der Waals surface area contributed by atoms with Gasteiger partial charge in [0, 0.05) is 35.3 Å². The number of imidazole rings is 1. The first kappa shape index (κ1) is 31.0. The van der Waals surface area contributed by atoms with E-state index in [9.17, 15) is 5.11 Å². The van der Waals surface area contributed by atoms with Crippen molar-refractivity contribution in [1.82, 2.24) is 14.5 Å². The molecule has 242 valence electrons. The van der Waals surface area contributed by atoms with Gasteiger partial charge in [-0.25, -0.2) is 4.98 Å². The van der Waals surface area contributed by atoms with E-state index < -0.39 is 0 Å². The minimum absolute atomic E-state index is 0.213. The van der Waals surface area contributed by atoms with Crippen LogP contribution in [0.5, 0.6) is 5.75 Å². The highest BCUT2D eigenvalue weighted by Gasteiger charge is 2.30. The van der Waals surface area contributed by atoms with Crippen LogP contribution in [-0.2, 0) is 12.5 Å². The van der Waals surface area contributed by atoms with E-state index in [-0.39, 0.29) is 11.2 Å². The van der Waals surface area contributed by atoms with Crippen molar-refractivity contribution in [3.05, 3.63) is 175 Å². The molecular weight excluding hydrogens is 611 g/mol. The van der Waals surface area contributed by atoms with Gasteiger partial charge in [0.1, 0.15) is 11.6 Å². The highest BCUT2D eigenvalue weighted by atomic mass is 16.3. The molecule has 8 rings (SSSR count). The molecule has 0 unspecified atom stereocenters. The molecule has 0 amide bonds. The average molecular weight is 648 g/mol. The van der Waals surface area contributed by atoms with Gasteiger partial charge in [-0.2, -0.15) is 0 Å². The zero-order valence-corrected chi connectivity index (χ0v) is 28.4. The third kappa shape index (κ3) is 5.55. The summed E-state index contributed by atoms with van der Waals surface area (Å²) in [6.07, 6.45) is 1.95. The lowest BCUT2D eigenvalue weighted by Gasteiger charge is -2.28. The molecule has 0 aliphatic rings. The van der Waals surface area contributed by atoms with Gasteiger partial charge in [0.15, 0.2) is 0 Å². The Bertz CT molecular complexity index is 2450. The van der Waals surface area contributed by atoms with Crippen molar-refractivity contribution in [2.45, 2.75) is 19.3 Å². The summed E-state index contributed by atoms with van der Waals surface area (Å²) in [4.78, 5) is 10.3. The van der Waals surface area contributed by atoms with E-state index >= 15 is 0 Å². The number of hydrogen-bond acceptors (Lipinski definition) is 3. The number of benzene rings is 6. The number of phenols is 1. The molecular formula is C46H37N3O. The fraction of sp³-hybridized carbons (Fsp3) is 0.0870. The second kappa shape index (κ2) is 12.6. The minimum atomic E-state index is -0.377. The van der Waals surface area contributed by atoms with Gasteiger partial charge in [0.25, 0.3) is 0 Å². The first-order valence-electron chi connectivity index (χ1n) is 16.9. The van der Waals surface area contributed by atoms with E-state index in [0.717, 1.165) is 72.6 Å². The van der Waals surface area contributed by atoms with Gasteiger partial charge in [-0.3, -0.25) is 4.98 Å². The summed E-state index contributed by atoms with van der Waals surface area (Å²) in [5.74, 6) is 0.937. The molecule has 8 aromatic rings. The first-order chi connectivity index (χ1) is 24.4. The molecule has 6 aromatic carbocycles. The van der Waals surface area contributed by atoms with E-state index in [1.807, 2.05) is 49.6 Å². The summed E-state index contributed by atoms with van der Waals surface area (Å²) in [7, 11) is 2.03. The van der Waals surface area contributed by atoms with Gasteiger partial charge in [-0.05, 0) is 69.8 Å². The Morgan fingerprint density at radius 3 is 1.86 bits per heavy atom. The SMILES string of the molecule is Cn1c(-c2c(O)cccc2C(C)(C)c2ccccc2)nc2c(-c3cc(-c4ccccc4)cc(-c4ccc(-c5ccccc5)cn4)c3)cccc21. The lowest BCUT2D eigenvalue weighted by molar-refractivity contribution is 0.474. The number of aryl methyl sites for hydroxylation is 1. The molecule has 4 heteroatoms. The molecule has 0 aliphatic carbocycles. The Labute approximate surface area is 293 Å². The number of nitrogens with zero attached hydrogens (tertiary/aromatic N) is 3. The summed E-state index contributed by atoms with van der Waals surface area (Å²) in [5.41, 5.74) is 12.9. The van der Waals surface area contributed by atoms with E-state index in [2.05, 4.69) is 134 Å². The van der Waals surface area contributed by atoms with Crippen LogP contribution in [-0.4, -0.2) is 19.6 Å². The van der Waals surface area contributed by atoms with Crippen LogP contribution in [0.1, 0.15) is 25.0 Å².